The second-order valence-electron chi connectivity index (χ2n) is 4.18. The zero-order chi connectivity index (χ0) is 14.8. The summed E-state index contributed by atoms with van der Waals surface area (Å²) in [4.78, 5) is 11.5. The second kappa shape index (κ2) is 5.34. The molecule has 5 nitrogen and oxygen atoms in total. The van der Waals surface area contributed by atoms with Crippen LogP contribution in [0, 0.1) is 13.0 Å². The predicted molar refractivity (Wildman–Crippen MR) is 75.7 cm³/mol. The number of carbonyl (C=O) groups is 1. The zero-order valence-corrected chi connectivity index (χ0v) is 11.6. The van der Waals surface area contributed by atoms with Gasteiger partial charge in [0.25, 0.3) is 10.0 Å². The van der Waals surface area contributed by atoms with Crippen molar-refractivity contribution in [2.24, 2.45) is 5.73 Å². The number of rotatable bonds is 3. The van der Waals surface area contributed by atoms with Gasteiger partial charge in [-0.2, -0.15) is 4.31 Å². The normalized spacial score (nSPS) is 11.1. The highest BCUT2D eigenvalue weighted by Gasteiger charge is 2.29. The summed E-state index contributed by atoms with van der Waals surface area (Å²) in [6.45, 7) is 1.84. The first-order valence-electron chi connectivity index (χ1n) is 5.80. The summed E-state index contributed by atoms with van der Waals surface area (Å²) in [5, 5.41) is 0. The summed E-state index contributed by atoms with van der Waals surface area (Å²) >= 11 is 0. The van der Waals surface area contributed by atoms with Gasteiger partial charge in [0.1, 0.15) is 0 Å². The Morgan fingerprint density at radius 3 is 2.35 bits per heavy atom. The number of hydrogen-bond donors (Lipinski definition) is 1. The number of carbonyl (C=O) groups excluding carboxylic acids is 1. The molecule has 6 heteroatoms. The third-order valence-electron chi connectivity index (χ3n) is 2.68. The summed E-state index contributed by atoms with van der Waals surface area (Å²) in [5.74, 6) is 0. The molecule has 2 aromatic carbocycles. The fourth-order valence-electron chi connectivity index (χ4n) is 1.71. The van der Waals surface area contributed by atoms with Crippen LogP contribution in [0.2, 0.25) is 0 Å². The average Bonchev–Trinajstić information content (AvgIpc) is 2.39. The topological polar surface area (TPSA) is 80.5 Å². The largest absolute Gasteiger partial charge is 0.350 e. The van der Waals surface area contributed by atoms with E-state index in [0.717, 1.165) is 5.56 Å². The van der Waals surface area contributed by atoms with E-state index >= 15 is 0 Å². The first-order chi connectivity index (χ1) is 9.43. The van der Waals surface area contributed by atoms with E-state index < -0.39 is 16.1 Å². The minimum atomic E-state index is -4.03. The Kier molecular flexibility index (Phi) is 3.76. The number of nitrogens with two attached hydrogens (primary N) is 1. The standard InChI is InChI=1S/C14H13N2O3S/c1-11-7-9-13(10-8-11)20(18,19)16(14(15)17)12-5-3-2-4-6-12/h2-3,5-10H,1H3,(H2,15,17). The van der Waals surface area contributed by atoms with Crippen molar-refractivity contribution in [3.8, 4) is 0 Å². The molecule has 0 heterocycles. The molecule has 0 bridgehead atoms. The van der Waals surface area contributed by atoms with Crippen LogP contribution in [0.4, 0.5) is 10.5 Å². The maximum atomic E-state index is 12.5. The molecule has 0 fully saturated rings. The molecule has 0 spiro atoms. The van der Waals surface area contributed by atoms with Gasteiger partial charge in [-0.15, -0.1) is 0 Å². The lowest BCUT2D eigenvalue weighted by Gasteiger charge is -2.20. The van der Waals surface area contributed by atoms with Gasteiger partial charge in [-0.3, -0.25) is 0 Å². The van der Waals surface area contributed by atoms with E-state index in [-0.39, 0.29) is 10.6 Å². The maximum absolute atomic E-state index is 12.5. The minimum absolute atomic E-state index is 0.00533. The minimum Gasteiger partial charge on any atom is -0.350 e. The lowest BCUT2D eigenvalue weighted by molar-refractivity contribution is 0.257. The van der Waals surface area contributed by atoms with Crippen LogP contribution >= 0.6 is 0 Å². The van der Waals surface area contributed by atoms with Gasteiger partial charge < -0.3 is 5.73 Å². The van der Waals surface area contributed by atoms with Crippen LogP contribution in [0.1, 0.15) is 5.56 Å². The molecule has 0 aliphatic carbocycles. The van der Waals surface area contributed by atoms with E-state index in [0.29, 0.717) is 4.31 Å². The van der Waals surface area contributed by atoms with Gasteiger partial charge in [-0.05, 0) is 37.3 Å². The van der Waals surface area contributed by atoms with E-state index in [1.165, 1.54) is 24.3 Å². The second-order valence-corrected chi connectivity index (χ2v) is 5.97. The van der Waals surface area contributed by atoms with Gasteiger partial charge >= 0.3 is 6.03 Å². The highest BCUT2D eigenvalue weighted by molar-refractivity contribution is 7.93. The number of nitrogens with zero attached hydrogens (tertiary/aromatic N) is 1. The van der Waals surface area contributed by atoms with Crippen molar-refractivity contribution in [3.05, 3.63) is 60.2 Å². The highest BCUT2D eigenvalue weighted by atomic mass is 32.2. The van der Waals surface area contributed by atoms with Gasteiger partial charge in [0.15, 0.2) is 0 Å². The SMILES string of the molecule is Cc1ccc(S(=O)(=O)N(C(N)=O)c2c[c]ccc2)cc1. The molecule has 1 radical (unpaired) electrons. The highest BCUT2D eigenvalue weighted by Crippen LogP contribution is 2.23. The number of primary amides is 1. The average molecular weight is 289 g/mol. The molecule has 0 aromatic heterocycles. The molecule has 103 valence electrons. The van der Waals surface area contributed by atoms with Crippen molar-refractivity contribution < 1.29 is 13.2 Å². The van der Waals surface area contributed by atoms with Crippen LogP contribution in [0.25, 0.3) is 0 Å². The van der Waals surface area contributed by atoms with Crippen molar-refractivity contribution in [1.82, 2.24) is 0 Å². The molecule has 0 saturated carbocycles. The molecule has 0 atom stereocenters. The Bertz CT molecular complexity index is 710. The van der Waals surface area contributed by atoms with Crippen molar-refractivity contribution in [2.45, 2.75) is 11.8 Å². The Balaban J connectivity index is 2.54. The zero-order valence-electron chi connectivity index (χ0n) is 10.8. The number of hydrogen-bond acceptors (Lipinski definition) is 3. The molecule has 0 aliphatic rings. The van der Waals surface area contributed by atoms with Crippen LogP contribution in [0.5, 0.6) is 0 Å². The Labute approximate surface area is 117 Å². The summed E-state index contributed by atoms with van der Waals surface area (Å²) in [7, 11) is -4.03. The molecular formula is C14H13N2O3S. The monoisotopic (exact) mass is 289 g/mol. The Hall–Kier alpha value is -2.34. The van der Waals surface area contributed by atoms with E-state index in [9.17, 15) is 13.2 Å². The number of benzene rings is 2. The van der Waals surface area contributed by atoms with Crippen LogP contribution in [-0.2, 0) is 10.0 Å². The molecule has 20 heavy (non-hydrogen) atoms. The van der Waals surface area contributed by atoms with Gasteiger partial charge in [0.2, 0.25) is 0 Å². The number of anilines is 1. The van der Waals surface area contributed by atoms with Crippen LogP contribution in [-0.4, -0.2) is 14.4 Å². The number of urea groups is 1. The fraction of sp³-hybridized carbons (Fsp3) is 0.0714. The molecule has 0 unspecified atom stereocenters. The van der Waals surface area contributed by atoms with Crippen molar-refractivity contribution in [3.63, 3.8) is 0 Å². The molecule has 2 rings (SSSR count). The number of amides is 2. The summed E-state index contributed by atoms with van der Waals surface area (Å²) < 4.78 is 25.6. The lowest BCUT2D eigenvalue weighted by Crippen LogP contribution is -2.40. The number of aryl methyl sites for hydroxylation is 1. The molecule has 2 aromatic rings. The summed E-state index contributed by atoms with van der Waals surface area (Å²) in [5.41, 5.74) is 6.29. The van der Waals surface area contributed by atoms with Crippen LogP contribution < -0.4 is 10.0 Å². The maximum Gasteiger partial charge on any atom is 0.333 e. The third kappa shape index (κ3) is 2.65. The summed E-state index contributed by atoms with van der Waals surface area (Å²) in [6, 6.07) is 13.9. The predicted octanol–water partition coefficient (Wildman–Crippen LogP) is 2.07. The van der Waals surface area contributed by atoms with Gasteiger partial charge in [-0.25, -0.2) is 13.2 Å². The van der Waals surface area contributed by atoms with E-state index in [1.807, 2.05) is 6.92 Å². The molecule has 0 saturated heterocycles. The van der Waals surface area contributed by atoms with Crippen molar-refractivity contribution >= 4 is 21.7 Å². The van der Waals surface area contributed by atoms with Crippen LogP contribution in [0.15, 0.2) is 53.4 Å². The first-order valence-corrected chi connectivity index (χ1v) is 7.24. The smallest absolute Gasteiger partial charge is 0.333 e. The van der Waals surface area contributed by atoms with Gasteiger partial charge in [-0.1, -0.05) is 29.8 Å². The Morgan fingerprint density at radius 2 is 1.85 bits per heavy atom. The van der Waals surface area contributed by atoms with Gasteiger partial charge in [0, 0.05) is 0 Å². The third-order valence-corrected chi connectivity index (χ3v) is 4.42. The lowest BCUT2D eigenvalue weighted by atomic mass is 10.2. The van der Waals surface area contributed by atoms with Crippen molar-refractivity contribution in [2.75, 3.05) is 4.31 Å². The van der Waals surface area contributed by atoms with Gasteiger partial charge in [0.05, 0.1) is 10.6 Å². The van der Waals surface area contributed by atoms with Crippen molar-refractivity contribution in [1.29, 1.82) is 0 Å². The number of sulfonamides is 1. The molecular weight excluding hydrogens is 276 g/mol. The van der Waals surface area contributed by atoms with E-state index in [2.05, 4.69) is 6.07 Å². The fourth-order valence-corrected chi connectivity index (χ4v) is 3.03. The molecule has 2 amide bonds. The van der Waals surface area contributed by atoms with Crippen LogP contribution in [0.3, 0.4) is 0 Å². The molecule has 2 N–H and O–H groups in total. The van der Waals surface area contributed by atoms with E-state index in [1.54, 1.807) is 24.3 Å². The molecule has 0 aliphatic heterocycles. The summed E-state index contributed by atoms with van der Waals surface area (Å²) in [6.07, 6.45) is 0. The van der Waals surface area contributed by atoms with E-state index in [4.69, 9.17) is 5.73 Å². The quantitative estimate of drug-likeness (QED) is 0.939. The Morgan fingerprint density at radius 1 is 1.20 bits per heavy atom. The first kappa shape index (κ1) is 14.1.